The molecule has 1 aromatic heterocycles. The number of carbonyl (C=O) groups is 1. The molecule has 0 bridgehead atoms. The molecule has 2 aromatic rings. The third-order valence-corrected chi connectivity index (χ3v) is 3.90. The molecule has 0 fully saturated rings. The molecule has 22 heavy (non-hydrogen) atoms. The maximum absolute atomic E-state index is 12.2. The van der Waals surface area contributed by atoms with Gasteiger partial charge in [-0.25, -0.2) is 4.98 Å². The van der Waals surface area contributed by atoms with Crippen LogP contribution in [0.5, 0.6) is 0 Å². The molecule has 0 spiro atoms. The molecule has 1 aromatic carbocycles. The van der Waals surface area contributed by atoms with Gasteiger partial charge in [0.25, 0.3) is 5.91 Å². The average Bonchev–Trinajstić information content (AvgIpc) is 2.97. The fourth-order valence-corrected chi connectivity index (χ4v) is 2.84. The summed E-state index contributed by atoms with van der Waals surface area (Å²) in [5.41, 5.74) is 8.91. The first kappa shape index (κ1) is 14.1. The minimum absolute atomic E-state index is 0.0980. The fraction of sp³-hybridized carbons (Fsp3) is 0.267. The van der Waals surface area contributed by atoms with E-state index in [4.69, 9.17) is 5.73 Å². The van der Waals surface area contributed by atoms with Gasteiger partial charge in [0.05, 0.1) is 6.04 Å². The van der Waals surface area contributed by atoms with Crippen LogP contribution in [0.2, 0.25) is 0 Å². The number of carbonyl (C=O) groups excluding carboxylic acids is 1. The Morgan fingerprint density at radius 1 is 1.36 bits per heavy atom. The number of aromatic nitrogens is 1. The number of anilines is 1. The number of H-pyrrole nitrogens is 1. The quantitative estimate of drug-likeness (QED) is 0.458. The number of aryl methyl sites for hydroxylation is 1. The van der Waals surface area contributed by atoms with Gasteiger partial charge in [0, 0.05) is 11.8 Å². The zero-order valence-electron chi connectivity index (χ0n) is 11.8. The van der Waals surface area contributed by atoms with Crippen molar-refractivity contribution in [1.82, 2.24) is 10.3 Å². The lowest BCUT2D eigenvalue weighted by Gasteiger charge is -2.26. The summed E-state index contributed by atoms with van der Waals surface area (Å²) >= 11 is 0. The summed E-state index contributed by atoms with van der Waals surface area (Å²) in [6, 6.07) is 8.30. The van der Waals surface area contributed by atoms with Crippen molar-refractivity contribution < 1.29 is 9.72 Å². The summed E-state index contributed by atoms with van der Waals surface area (Å²) in [5.74, 6) is -0.537. The highest BCUT2D eigenvalue weighted by Crippen LogP contribution is 2.31. The van der Waals surface area contributed by atoms with Crippen molar-refractivity contribution in [3.05, 3.63) is 57.3 Å². The van der Waals surface area contributed by atoms with Gasteiger partial charge in [0.1, 0.15) is 0 Å². The maximum atomic E-state index is 12.2. The van der Waals surface area contributed by atoms with Gasteiger partial charge in [-0.15, -0.1) is 0 Å². The van der Waals surface area contributed by atoms with E-state index in [9.17, 15) is 14.9 Å². The number of nitrogens with two attached hydrogens (primary N) is 1. The summed E-state index contributed by atoms with van der Waals surface area (Å²) in [5, 5.41) is 13.6. The van der Waals surface area contributed by atoms with Crippen molar-refractivity contribution >= 4 is 17.4 Å². The van der Waals surface area contributed by atoms with E-state index in [2.05, 4.69) is 10.3 Å². The van der Waals surface area contributed by atoms with Crippen LogP contribution < -0.4 is 11.1 Å². The highest BCUT2D eigenvalue weighted by molar-refractivity contribution is 5.93. The van der Waals surface area contributed by atoms with Crippen LogP contribution in [0.1, 0.15) is 40.5 Å². The van der Waals surface area contributed by atoms with E-state index in [1.807, 2.05) is 18.2 Å². The number of nitrogens with zero attached hydrogens (tertiary/aromatic N) is 1. The van der Waals surface area contributed by atoms with Gasteiger partial charge in [0.2, 0.25) is 0 Å². The van der Waals surface area contributed by atoms with Crippen molar-refractivity contribution in [2.24, 2.45) is 0 Å². The molecule has 4 N–H and O–H groups in total. The molecule has 0 radical (unpaired) electrons. The predicted molar refractivity (Wildman–Crippen MR) is 81.4 cm³/mol. The third kappa shape index (κ3) is 2.65. The van der Waals surface area contributed by atoms with E-state index in [0.717, 1.165) is 30.4 Å². The molecule has 0 saturated carbocycles. The molecule has 114 valence electrons. The monoisotopic (exact) mass is 300 g/mol. The molecule has 1 aliphatic carbocycles. The van der Waals surface area contributed by atoms with Gasteiger partial charge < -0.3 is 21.2 Å². The van der Waals surface area contributed by atoms with Crippen LogP contribution in [0, 0.1) is 10.1 Å². The Balaban J connectivity index is 1.79. The number of rotatable bonds is 3. The highest BCUT2D eigenvalue weighted by Gasteiger charge is 2.24. The van der Waals surface area contributed by atoms with E-state index in [1.165, 1.54) is 12.1 Å². The second-order valence-corrected chi connectivity index (χ2v) is 5.39. The molecule has 3 rings (SSSR count). The Kier molecular flexibility index (Phi) is 3.54. The van der Waals surface area contributed by atoms with Crippen molar-refractivity contribution in [2.75, 3.05) is 5.73 Å². The summed E-state index contributed by atoms with van der Waals surface area (Å²) in [7, 11) is 0. The topological polar surface area (TPSA) is 114 Å². The van der Waals surface area contributed by atoms with Crippen molar-refractivity contribution in [3.63, 3.8) is 0 Å². The van der Waals surface area contributed by atoms with Gasteiger partial charge in [0.15, 0.2) is 5.69 Å². The fourth-order valence-electron chi connectivity index (χ4n) is 2.84. The molecule has 1 amide bonds. The van der Waals surface area contributed by atoms with Gasteiger partial charge in [-0.05, 0) is 53.5 Å². The smallest absolute Gasteiger partial charge is 0.321 e. The third-order valence-electron chi connectivity index (χ3n) is 3.90. The van der Waals surface area contributed by atoms with E-state index in [1.54, 1.807) is 0 Å². The Morgan fingerprint density at radius 2 is 2.18 bits per heavy atom. The average molecular weight is 300 g/mol. The van der Waals surface area contributed by atoms with Crippen molar-refractivity contribution in [1.29, 1.82) is 0 Å². The lowest BCUT2D eigenvalue weighted by Crippen LogP contribution is -2.31. The molecule has 1 atom stereocenters. The van der Waals surface area contributed by atoms with E-state index < -0.39 is 4.92 Å². The molecule has 1 aliphatic rings. The number of nitro groups is 1. The largest absolute Gasteiger partial charge is 0.399 e. The van der Waals surface area contributed by atoms with E-state index in [-0.39, 0.29) is 23.5 Å². The van der Waals surface area contributed by atoms with E-state index in [0.29, 0.717) is 5.69 Å². The SMILES string of the molecule is Nc1ccc2c(c1)CCCC2NC(=O)c1ccc([N+](=O)[O-])[nH]1. The van der Waals surface area contributed by atoms with Crippen LogP contribution in [0.3, 0.4) is 0 Å². The standard InChI is InChI=1S/C15H16N4O3/c16-10-4-5-11-9(8-10)2-1-3-12(11)18-15(20)13-6-7-14(17-13)19(21)22/h4-8,12,17H,1-3,16H2,(H,18,20). The minimum atomic E-state index is -0.560. The molecule has 0 aliphatic heterocycles. The van der Waals surface area contributed by atoms with Crippen LogP contribution >= 0.6 is 0 Å². The van der Waals surface area contributed by atoms with Crippen molar-refractivity contribution in [2.45, 2.75) is 25.3 Å². The zero-order valence-corrected chi connectivity index (χ0v) is 11.8. The second-order valence-electron chi connectivity index (χ2n) is 5.39. The number of nitrogen functional groups attached to an aromatic ring is 1. The first-order valence-electron chi connectivity index (χ1n) is 7.07. The number of aromatic amines is 1. The summed E-state index contributed by atoms with van der Waals surface area (Å²) < 4.78 is 0. The molecule has 7 heteroatoms. The van der Waals surface area contributed by atoms with Crippen LogP contribution in [0.4, 0.5) is 11.5 Å². The number of hydrogen-bond donors (Lipinski definition) is 3. The van der Waals surface area contributed by atoms with Crippen LogP contribution in [0.15, 0.2) is 30.3 Å². The number of nitrogens with one attached hydrogen (secondary N) is 2. The molecule has 0 saturated heterocycles. The maximum Gasteiger partial charge on any atom is 0.321 e. The normalized spacial score (nSPS) is 16.8. The molecule has 1 heterocycles. The second kappa shape index (κ2) is 5.51. The number of fused-ring (bicyclic) bond motifs is 1. The van der Waals surface area contributed by atoms with Crippen LogP contribution in [-0.2, 0) is 6.42 Å². The zero-order chi connectivity index (χ0) is 15.7. The minimum Gasteiger partial charge on any atom is -0.399 e. The lowest BCUT2D eigenvalue weighted by molar-refractivity contribution is -0.389. The molecule has 1 unspecified atom stereocenters. The first-order valence-corrected chi connectivity index (χ1v) is 7.07. The number of amides is 1. The van der Waals surface area contributed by atoms with Gasteiger partial charge in [-0.3, -0.25) is 4.79 Å². The Bertz CT molecular complexity index is 738. The lowest BCUT2D eigenvalue weighted by atomic mass is 9.87. The van der Waals surface area contributed by atoms with Gasteiger partial charge in [-0.1, -0.05) is 6.07 Å². The predicted octanol–water partition coefficient (Wildman–Crippen LogP) is 2.31. The molecular weight excluding hydrogens is 284 g/mol. The highest BCUT2D eigenvalue weighted by atomic mass is 16.6. The van der Waals surface area contributed by atoms with Gasteiger partial charge in [-0.2, -0.15) is 0 Å². The van der Waals surface area contributed by atoms with Crippen LogP contribution in [0.25, 0.3) is 0 Å². The van der Waals surface area contributed by atoms with Gasteiger partial charge >= 0.3 is 5.82 Å². The first-order chi connectivity index (χ1) is 10.5. The number of benzene rings is 1. The molecular formula is C15H16N4O3. The Morgan fingerprint density at radius 3 is 2.91 bits per heavy atom. The van der Waals surface area contributed by atoms with Crippen molar-refractivity contribution in [3.8, 4) is 0 Å². The summed E-state index contributed by atoms with van der Waals surface area (Å²) in [6.45, 7) is 0. The Hall–Kier alpha value is -2.83. The molecule has 7 nitrogen and oxygen atoms in total. The van der Waals surface area contributed by atoms with Crippen LogP contribution in [-0.4, -0.2) is 15.8 Å². The number of hydrogen-bond acceptors (Lipinski definition) is 4. The summed E-state index contributed by atoms with van der Waals surface area (Å²) in [4.78, 5) is 24.8. The summed E-state index contributed by atoms with van der Waals surface area (Å²) in [6.07, 6.45) is 2.75. The van der Waals surface area contributed by atoms with E-state index >= 15 is 0 Å². The Labute approximate surface area is 126 Å².